The van der Waals surface area contributed by atoms with Gasteiger partial charge >= 0.3 is 5.97 Å². The van der Waals surface area contributed by atoms with Crippen LogP contribution in [0.3, 0.4) is 0 Å². The Morgan fingerprint density at radius 3 is 2.23 bits per heavy atom. The van der Waals surface area contributed by atoms with Crippen molar-refractivity contribution in [1.29, 1.82) is 0 Å². The van der Waals surface area contributed by atoms with E-state index in [0.29, 0.717) is 22.7 Å². The van der Waals surface area contributed by atoms with Crippen molar-refractivity contribution in [3.8, 4) is 11.4 Å². The molecule has 0 saturated carbocycles. The Morgan fingerprint density at radius 2 is 1.59 bits per heavy atom. The lowest BCUT2D eigenvalue weighted by Gasteiger charge is -2.13. The van der Waals surface area contributed by atoms with Gasteiger partial charge in [-0.3, -0.25) is 19.0 Å². The van der Waals surface area contributed by atoms with Crippen LogP contribution in [0, 0.1) is 6.92 Å². The number of hydrogen-bond acceptors (Lipinski definition) is 7. The molecule has 0 aliphatic rings. The first-order valence-electron chi connectivity index (χ1n) is 11.9. The van der Waals surface area contributed by atoms with Crippen LogP contribution < -0.4 is 15.0 Å². The molecule has 1 heterocycles. The molecule has 10 nitrogen and oxygen atoms in total. The maximum Gasteiger partial charge on any atom is 0.338 e. The Labute approximate surface area is 225 Å². The summed E-state index contributed by atoms with van der Waals surface area (Å²) in [7, 11) is -1.11. The molecule has 0 bridgehead atoms. The molecule has 39 heavy (non-hydrogen) atoms. The number of methoxy groups -OCH3 is 1. The summed E-state index contributed by atoms with van der Waals surface area (Å²) >= 11 is 0. The number of carbonyl (C=O) groups is 2. The van der Waals surface area contributed by atoms with Gasteiger partial charge in [0.2, 0.25) is 5.78 Å². The van der Waals surface area contributed by atoms with E-state index in [1.54, 1.807) is 67.2 Å². The highest BCUT2D eigenvalue weighted by atomic mass is 32.2. The number of esters is 1. The van der Waals surface area contributed by atoms with Gasteiger partial charge in [-0.15, -0.1) is 0 Å². The van der Waals surface area contributed by atoms with Crippen LogP contribution in [-0.2, 0) is 21.8 Å². The van der Waals surface area contributed by atoms with Crippen LogP contribution in [0.4, 0.5) is 5.69 Å². The number of anilines is 1. The Kier molecular flexibility index (Phi) is 7.73. The molecule has 11 heteroatoms. The molecule has 0 radical (unpaired) electrons. The number of benzene rings is 3. The van der Waals surface area contributed by atoms with Crippen LogP contribution in [0.15, 0.2) is 88.6 Å². The molecular weight excluding hydrogens is 522 g/mol. The number of nitrogens with zero attached hydrogens (tertiary/aromatic N) is 2. The molecule has 0 unspecified atom stereocenters. The van der Waals surface area contributed by atoms with Crippen LogP contribution in [0.2, 0.25) is 0 Å². The molecule has 0 spiro atoms. The van der Waals surface area contributed by atoms with E-state index in [4.69, 9.17) is 9.47 Å². The predicted molar refractivity (Wildman–Crippen MR) is 145 cm³/mol. The molecular formula is C28H27N3O7S. The van der Waals surface area contributed by atoms with Gasteiger partial charge in [-0.05, 0) is 68.4 Å². The maximum atomic E-state index is 13.2. The first-order chi connectivity index (χ1) is 18.5. The lowest BCUT2D eigenvalue weighted by atomic mass is 10.1. The molecule has 0 aliphatic carbocycles. The number of carbonyl (C=O) groups excluding carboxylic acids is 2. The average Bonchev–Trinajstić information content (AvgIpc) is 3.15. The van der Waals surface area contributed by atoms with E-state index in [0.717, 1.165) is 6.07 Å². The first kappa shape index (κ1) is 27.4. The van der Waals surface area contributed by atoms with E-state index < -0.39 is 33.4 Å². The molecule has 0 amide bonds. The fourth-order valence-corrected chi connectivity index (χ4v) is 5.10. The number of Topliss-reactive ketones (excluding diaryl/α,β-unsaturated/α-hetero) is 1. The van der Waals surface area contributed by atoms with Crippen molar-refractivity contribution in [1.82, 2.24) is 9.36 Å². The maximum absolute atomic E-state index is 13.2. The standard InChI is InChI=1S/C28H27N3O7S/c1-18-25(27(33)31(30(18)3)22-10-6-5-7-11-22)29-39(35,36)24-12-8-9-21(17-24)28(34)38-19(2)26(32)20-13-15-23(37-4)16-14-20/h5-17,19,29H,1-4H3/t19-/m1/s1. The summed E-state index contributed by atoms with van der Waals surface area (Å²) in [6.45, 7) is 3.05. The summed E-state index contributed by atoms with van der Waals surface area (Å²) in [5.74, 6) is -0.720. The minimum atomic E-state index is -4.26. The van der Waals surface area contributed by atoms with Crippen molar-refractivity contribution in [3.05, 3.63) is 106 Å². The van der Waals surface area contributed by atoms with Crippen molar-refractivity contribution >= 4 is 27.5 Å². The fourth-order valence-electron chi connectivity index (χ4n) is 3.94. The van der Waals surface area contributed by atoms with Gasteiger partial charge in [-0.2, -0.15) is 0 Å². The highest BCUT2D eigenvalue weighted by Crippen LogP contribution is 2.21. The summed E-state index contributed by atoms with van der Waals surface area (Å²) < 4.78 is 42.1. The number of aromatic nitrogens is 2. The number of ketones is 1. The van der Waals surface area contributed by atoms with Gasteiger partial charge in [0.25, 0.3) is 15.6 Å². The topological polar surface area (TPSA) is 126 Å². The molecule has 0 aliphatic heterocycles. The molecule has 0 fully saturated rings. The highest BCUT2D eigenvalue weighted by molar-refractivity contribution is 7.92. The third-order valence-corrected chi connectivity index (χ3v) is 7.55. The van der Waals surface area contributed by atoms with Crippen molar-refractivity contribution in [3.63, 3.8) is 0 Å². The summed E-state index contributed by atoms with van der Waals surface area (Å²) in [6, 6.07) is 20.3. The molecule has 202 valence electrons. The molecule has 4 aromatic rings. The van der Waals surface area contributed by atoms with Crippen LogP contribution in [0.25, 0.3) is 5.69 Å². The van der Waals surface area contributed by atoms with Crippen molar-refractivity contribution in [2.45, 2.75) is 24.8 Å². The summed E-state index contributed by atoms with van der Waals surface area (Å²) in [4.78, 5) is 38.3. The van der Waals surface area contributed by atoms with E-state index in [-0.39, 0.29) is 16.1 Å². The molecule has 4 rings (SSSR count). The third-order valence-electron chi connectivity index (χ3n) is 6.20. The van der Waals surface area contributed by atoms with E-state index in [2.05, 4.69) is 4.72 Å². The minimum Gasteiger partial charge on any atom is -0.497 e. The van der Waals surface area contributed by atoms with Gasteiger partial charge in [-0.25, -0.2) is 17.9 Å². The lowest BCUT2D eigenvalue weighted by Crippen LogP contribution is -2.25. The Hall–Kier alpha value is -4.64. The van der Waals surface area contributed by atoms with E-state index >= 15 is 0 Å². The fraction of sp³-hybridized carbons (Fsp3) is 0.179. The number of ether oxygens (including phenoxy) is 2. The zero-order valence-electron chi connectivity index (χ0n) is 21.7. The monoisotopic (exact) mass is 549 g/mol. The number of hydrogen-bond donors (Lipinski definition) is 1. The molecule has 3 aromatic carbocycles. The van der Waals surface area contributed by atoms with Crippen molar-refractivity contribution in [2.24, 2.45) is 7.05 Å². The summed E-state index contributed by atoms with van der Waals surface area (Å²) in [5.41, 5.74) is 0.560. The van der Waals surface area contributed by atoms with Crippen molar-refractivity contribution in [2.75, 3.05) is 11.8 Å². The zero-order valence-corrected chi connectivity index (χ0v) is 22.6. The van der Waals surface area contributed by atoms with E-state index in [1.165, 1.54) is 36.9 Å². The first-order valence-corrected chi connectivity index (χ1v) is 13.4. The molecule has 0 saturated heterocycles. The SMILES string of the molecule is COc1ccc(C(=O)[C@@H](C)OC(=O)c2cccc(S(=O)(=O)Nc3c(C)n(C)n(-c4ccccc4)c3=O)c2)cc1. The second kappa shape index (κ2) is 11.0. The van der Waals surface area contributed by atoms with Crippen LogP contribution in [0.1, 0.15) is 33.3 Å². The minimum absolute atomic E-state index is 0.0706. The van der Waals surface area contributed by atoms with Crippen LogP contribution in [-0.4, -0.2) is 42.7 Å². The van der Waals surface area contributed by atoms with E-state index in [9.17, 15) is 22.8 Å². The number of rotatable bonds is 9. The van der Waals surface area contributed by atoms with Crippen LogP contribution >= 0.6 is 0 Å². The van der Waals surface area contributed by atoms with Crippen molar-refractivity contribution < 1.29 is 27.5 Å². The summed E-state index contributed by atoms with van der Waals surface area (Å²) in [6.07, 6.45) is -1.12. The predicted octanol–water partition coefficient (Wildman–Crippen LogP) is 3.72. The Balaban J connectivity index is 1.54. The quantitative estimate of drug-likeness (QED) is 0.249. The van der Waals surface area contributed by atoms with E-state index in [1.807, 2.05) is 6.07 Å². The summed E-state index contributed by atoms with van der Waals surface area (Å²) in [5, 5.41) is 0. The number of para-hydroxylation sites is 1. The lowest BCUT2D eigenvalue weighted by molar-refractivity contribution is 0.0318. The normalized spacial score (nSPS) is 12.0. The molecule has 1 atom stereocenters. The Bertz CT molecular complexity index is 1690. The van der Waals surface area contributed by atoms with Gasteiger partial charge in [0.05, 0.1) is 29.0 Å². The zero-order chi connectivity index (χ0) is 28.3. The second-order valence-electron chi connectivity index (χ2n) is 8.71. The number of sulfonamides is 1. The van der Waals surface area contributed by atoms with Gasteiger partial charge in [0, 0.05) is 12.6 Å². The van der Waals surface area contributed by atoms with Crippen LogP contribution in [0.5, 0.6) is 5.75 Å². The average molecular weight is 550 g/mol. The molecule has 1 N–H and O–H groups in total. The number of nitrogens with one attached hydrogen (secondary N) is 1. The smallest absolute Gasteiger partial charge is 0.338 e. The highest BCUT2D eigenvalue weighted by Gasteiger charge is 2.25. The van der Waals surface area contributed by atoms with Gasteiger partial charge in [-0.1, -0.05) is 24.3 Å². The second-order valence-corrected chi connectivity index (χ2v) is 10.4. The van der Waals surface area contributed by atoms with Gasteiger partial charge < -0.3 is 9.47 Å². The van der Waals surface area contributed by atoms with Gasteiger partial charge in [0.1, 0.15) is 11.4 Å². The molecule has 1 aromatic heterocycles. The third kappa shape index (κ3) is 5.63. The largest absolute Gasteiger partial charge is 0.497 e. The Morgan fingerprint density at radius 1 is 0.923 bits per heavy atom. The van der Waals surface area contributed by atoms with Gasteiger partial charge in [0.15, 0.2) is 6.10 Å².